The van der Waals surface area contributed by atoms with E-state index in [1.807, 2.05) is 0 Å². The highest BCUT2D eigenvalue weighted by Gasteiger charge is 1.71. The zero-order valence-corrected chi connectivity index (χ0v) is 6.78. The minimum atomic E-state index is 1.04. The van der Waals surface area contributed by atoms with Crippen LogP contribution in [-0.4, -0.2) is 6.16 Å². The first-order chi connectivity index (χ1) is 3.91. The highest BCUT2D eigenvalue weighted by Crippen LogP contribution is 2.09. The summed E-state index contributed by atoms with van der Waals surface area (Å²) in [4.78, 5) is 0. The van der Waals surface area contributed by atoms with Crippen molar-refractivity contribution < 1.29 is 0 Å². The van der Waals surface area contributed by atoms with Crippen molar-refractivity contribution in [3.8, 4) is 0 Å². The van der Waals surface area contributed by atoms with Crippen LogP contribution in [0, 0.1) is 0 Å². The molecule has 1 unspecified atom stereocenters. The van der Waals surface area contributed by atoms with Crippen molar-refractivity contribution in [2.75, 3.05) is 6.16 Å². The lowest BCUT2D eigenvalue weighted by atomic mass is 10.3. The molecule has 0 bridgehead atoms. The summed E-state index contributed by atoms with van der Waals surface area (Å²) in [5, 5.41) is 0. The van der Waals surface area contributed by atoms with Crippen molar-refractivity contribution in [3.63, 3.8) is 0 Å². The number of allylic oxidation sites excluding steroid dienone is 1. The van der Waals surface area contributed by atoms with Gasteiger partial charge >= 0.3 is 0 Å². The maximum atomic E-state index is 2.30. The van der Waals surface area contributed by atoms with E-state index in [1.54, 1.807) is 0 Å². The van der Waals surface area contributed by atoms with Crippen LogP contribution in [0.5, 0.6) is 0 Å². The van der Waals surface area contributed by atoms with Gasteiger partial charge in [-0.2, -0.15) is 0 Å². The van der Waals surface area contributed by atoms with Crippen LogP contribution in [0.15, 0.2) is 11.9 Å². The number of unbranched alkanes of at least 4 members (excludes halogenated alkanes) is 1. The third-order valence-electron chi connectivity index (χ3n) is 0.895. The molecule has 1 heteroatoms. The van der Waals surface area contributed by atoms with E-state index in [-0.39, 0.29) is 0 Å². The Balaban J connectivity index is 2.83. The maximum Gasteiger partial charge on any atom is -0.0347 e. The Labute approximate surface area is 54.2 Å². The minimum Gasteiger partial charge on any atom is -0.0990 e. The lowest BCUT2D eigenvalue weighted by Crippen LogP contribution is -1.58. The summed E-state index contributed by atoms with van der Waals surface area (Å²) in [5.74, 6) is 2.30. The van der Waals surface area contributed by atoms with Crippen LogP contribution in [0.3, 0.4) is 0 Å². The van der Waals surface area contributed by atoms with Gasteiger partial charge in [0.25, 0.3) is 0 Å². The smallest absolute Gasteiger partial charge is 0.0347 e. The fraction of sp³-hybridized carbons (Fsp3) is 0.714. The zero-order chi connectivity index (χ0) is 6.24. The van der Waals surface area contributed by atoms with Gasteiger partial charge in [-0.1, -0.05) is 40.7 Å². The number of hydrogen-bond acceptors (Lipinski definition) is 0. The first kappa shape index (κ1) is 8.17. The third kappa shape index (κ3) is 6.17. The summed E-state index contributed by atoms with van der Waals surface area (Å²) >= 11 is 0. The Kier molecular flexibility index (Phi) is 7.32. The molecule has 0 nitrogen and oxygen atoms in total. The molecule has 0 aromatic heterocycles. The predicted molar refractivity (Wildman–Crippen MR) is 42.9 cm³/mol. The lowest BCUT2D eigenvalue weighted by Gasteiger charge is -1.83. The second-order valence-electron chi connectivity index (χ2n) is 1.75. The summed E-state index contributed by atoms with van der Waals surface area (Å²) in [6.07, 6.45) is 6.12. The normalized spacial score (nSPS) is 12.2. The Morgan fingerprint density at radius 3 is 2.62 bits per heavy atom. The number of rotatable bonds is 4. The summed E-state index contributed by atoms with van der Waals surface area (Å²) in [7, 11) is 1.04. The highest BCUT2D eigenvalue weighted by atomic mass is 31.1. The fourth-order valence-electron chi connectivity index (χ4n) is 0.451. The zero-order valence-electron chi connectivity index (χ0n) is 5.78. The van der Waals surface area contributed by atoms with Gasteiger partial charge in [-0.15, -0.1) is 0 Å². The molecule has 0 heterocycles. The molecule has 0 aliphatic rings. The molecule has 0 N–H and O–H groups in total. The van der Waals surface area contributed by atoms with Crippen LogP contribution in [0.2, 0.25) is 0 Å². The molecule has 0 saturated carbocycles. The molecule has 0 aromatic rings. The SMILES string of the molecule is CCCC=CPCC. The minimum absolute atomic E-state index is 1.04. The van der Waals surface area contributed by atoms with E-state index >= 15 is 0 Å². The second kappa shape index (κ2) is 7.17. The van der Waals surface area contributed by atoms with Crippen LogP contribution >= 0.6 is 8.58 Å². The van der Waals surface area contributed by atoms with Gasteiger partial charge in [-0.05, 0) is 12.6 Å². The molecule has 0 fully saturated rings. The van der Waals surface area contributed by atoms with Crippen molar-refractivity contribution in [2.24, 2.45) is 0 Å². The van der Waals surface area contributed by atoms with Crippen LogP contribution < -0.4 is 0 Å². The first-order valence-electron chi connectivity index (χ1n) is 3.30. The molecule has 48 valence electrons. The molecular formula is C7H15P. The molecule has 0 aromatic carbocycles. The molecule has 8 heavy (non-hydrogen) atoms. The van der Waals surface area contributed by atoms with E-state index in [0.717, 1.165) is 8.58 Å². The average molecular weight is 130 g/mol. The van der Waals surface area contributed by atoms with Crippen molar-refractivity contribution in [3.05, 3.63) is 11.9 Å². The van der Waals surface area contributed by atoms with Crippen LogP contribution in [0.1, 0.15) is 26.7 Å². The van der Waals surface area contributed by atoms with Crippen molar-refractivity contribution >= 4 is 8.58 Å². The Morgan fingerprint density at radius 2 is 2.12 bits per heavy atom. The summed E-state index contributed by atoms with van der Waals surface area (Å²) in [6, 6.07) is 0. The van der Waals surface area contributed by atoms with Crippen molar-refractivity contribution in [1.82, 2.24) is 0 Å². The van der Waals surface area contributed by atoms with E-state index in [2.05, 4.69) is 25.7 Å². The van der Waals surface area contributed by atoms with Crippen LogP contribution in [-0.2, 0) is 0 Å². The molecule has 0 spiro atoms. The van der Waals surface area contributed by atoms with Gasteiger partial charge in [0.2, 0.25) is 0 Å². The van der Waals surface area contributed by atoms with E-state index in [9.17, 15) is 0 Å². The summed E-state index contributed by atoms with van der Waals surface area (Å²) in [6.45, 7) is 4.42. The van der Waals surface area contributed by atoms with Crippen LogP contribution in [0.4, 0.5) is 0 Å². The highest BCUT2D eigenvalue weighted by molar-refractivity contribution is 7.41. The third-order valence-corrected chi connectivity index (χ3v) is 1.77. The van der Waals surface area contributed by atoms with E-state index in [4.69, 9.17) is 0 Å². The Hall–Kier alpha value is 0.170. The molecule has 0 saturated heterocycles. The first-order valence-corrected chi connectivity index (χ1v) is 4.58. The molecule has 0 rings (SSSR count). The monoisotopic (exact) mass is 130 g/mol. The predicted octanol–water partition coefficient (Wildman–Crippen LogP) is 3.00. The van der Waals surface area contributed by atoms with Gasteiger partial charge in [0.15, 0.2) is 0 Å². The largest absolute Gasteiger partial charge is 0.0990 e. The summed E-state index contributed by atoms with van der Waals surface area (Å²) in [5.41, 5.74) is 0. The standard InChI is InChI=1S/C7H15P/c1-3-5-6-7-8-4-2/h6-8H,3-5H2,1-2H3. The van der Waals surface area contributed by atoms with Gasteiger partial charge in [0, 0.05) is 0 Å². The van der Waals surface area contributed by atoms with Crippen molar-refractivity contribution in [1.29, 1.82) is 0 Å². The number of hydrogen-bond donors (Lipinski definition) is 0. The Morgan fingerprint density at radius 1 is 1.38 bits per heavy atom. The lowest BCUT2D eigenvalue weighted by molar-refractivity contribution is 0.960. The molecule has 0 aliphatic carbocycles. The van der Waals surface area contributed by atoms with E-state index < -0.39 is 0 Å². The van der Waals surface area contributed by atoms with E-state index in [0.29, 0.717) is 0 Å². The van der Waals surface area contributed by atoms with Crippen molar-refractivity contribution in [2.45, 2.75) is 26.7 Å². The van der Waals surface area contributed by atoms with Gasteiger partial charge in [0.1, 0.15) is 0 Å². The fourth-order valence-corrected chi connectivity index (χ4v) is 1.02. The maximum absolute atomic E-state index is 2.30. The molecule has 0 radical (unpaired) electrons. The molecule has 0 amide bonds. The van der Waals surface area contributed by atoms with Gasteiger partial charge in [0.05, 0.1) is 0 Å². The van der Waals surface area contributed by atoms with Gasteiger partial charge in [-0.3, -0.25) is 0 Å². The quantitative estimate of drug-likeness (QED) is 0.513. The topological polar surface area (TPSA) is 0 Å². The van der Waals surface area contributed by atoms with Gasteiger partial charge in [-0.25, -0.2) is 0 Å². The van der Waals surface area contributed by atoms with E-state index in [1.165, 1.54) is 19.0 Å². The average Bonchev–Trinajstić information content (AvgIpc) is 1.81. The van der Waals surface area contributed by atoms with Crippen LogP contribution in [0.25, 0.3) is 0 Å². The second-order valence-corrected chi connectivity index (χ2v) is 3.20. The summed E-state index contributed by atoms with van der Waals surface area (Å²) < 4.78 is 0. The van der Waals surface area contributed by atoms with Gasteiger partial charge < -0.3 is 0 Å². The molecule has 0 aliphatic heterocycles. The Bertz CT molecular complexity index is 49.4. The molecular weight excluding hydrogens is 115 g/mol. The molecule has 1 atom stereocenters.